The van der Waals surface area contributed by atoms with Crippen LogP contribution in [0.5, 0.6) is 6.01 Å². The number of aromatic nitrogens is 4. The molecule has 2 N–H and O–H groups in total. The van der Waals surface area contributed by atoms with E-state index < -0.39 is 0 Å². The van der Waals surface area contributed by atoms with Crippen LogP contribution in [0.4, 0.5) is 11.5 Å². The van der Waals surface area contributed by atoms with Crippen LogP contribution >= 0.6 is 0 Å². The lowest BCUT2D eigenvalue weighted by atomic mass is 10.0. The molecule has 1 aliphatic heterocycles. The monoisotopic (exact) mass is 437 g/mol. The lowest BCUT2D eigenvalue weighted by Crippen LogP contribution is -2.54. The van der Waals surface area contributed by atoms with Gasteiger partial charge < -0.3 is 20.3 Å². The van der Waals surface area contributed by atoms with Crippen LogP contribution in [-0.2, 0) is 0 Å². The summed E-state index contributed by atoms with van der Waals surface area (Å²) in [4.78, 5) is 24.4. The van der Waals surface area contributed by atoms with Crippen LogP contribution in [0, 0.1) is 6.92 Å². The number of methoxy groups -OCH3 is 1. The molecule has 3 heterocycles. The fraction of sp³-hybridized carbons (Fsp3) is 0.478. The van der Waals surface area contributed by atoms with Crippen molar-refractivity contribution in [2.24, 2.45) is 0 Å². The molecule has 2 atom stereocenters. The molecule has 0 radical (unpaired) electrons. The minimum atomic E-state index is -0.266. The van der Waals surface area contributed by atoms with Gasteiger partial charge in [-0.25, -0.2) is 4.98 Å². The fourth-order valence-corrected chi connectivity index (χ4v) is 4.43. The number of hydrogen-bond acceptors (Lipinski definition) is 7. The summed E-state index contributed by atoms with van der Waals surface area (Å²) in [6.45, 7) is 12.2. The minimum Gasteiger partial charge on any atom is -0.467 e. The third-order valence-corrected chi connectivity index (χ3v) is 5.68. The molecule has 3 aromatic rings. The van der Waals surface area contributed by atoms with Crippen LogP contribution < -0.4 is 20.3 Å². The van der Waals surface area contributed by atoms with Gasteiger partial charge in [-0.2, -0.15) is 10.1 Å². The lowest BCUT2D eigenvalue weighted by Gasteiger charge is -2.38. The number of rotatable bonds is 5. The highest BCUT2D eigenvalue weighted by atomic mass is 16.5. The third-order valence-electron chi connectivity index (χ3n) is 5.68. The third kappa shape index (κ3) is 4.25. The Morgan fingerprint density at radius 2 is 1.97 bits per heavy atom. The molecule has 1 fully saturated rings. The quantitative estimate of drug-likeness (QED) is 0.633. The normalized spacial score (nSPS) is 18.9. The van der Waals surface area contributed by atoms with E-state index in [2.05, 4.69) is 58.3 Å². The molecule has 0 aliphatic carbocycles. The van der Waals surface area contributed by atoms with Crippen LogP contribution in [0.3, 0.4) is 0 Å². The predicted molar refractivity (Wildman–Crippen MR) is 126 cm³/mol. The molecule has 170 valence electrons. The van der Waals surface area contributed by atoms with Gasteiger partial charge in [0.05, 0.1) is 18.2 Å². The molecule has 0 saturated carbocycles. The first-order valence-corrected chi connectivity index (χ1v) is 11.0. The maximum atomic E-state index is 13.2. The van der Waals surface area contributed by atoms with Gasteiger partial charge in [-0.15, -0.1) is 0 Å². The average Bonchev–Trinajstić information content (AvgIpc) is 3.11. The highest BCUT2D eigenvalue weighted by Gasteiger charge is 2.25. The Morgan fingerprint density at radius 1 is 1.25 bits per heavy atom. The van der Waals surface area contributed by atoms with Crippen molar-refractivity contribution in [3.8, 4) is 6.01 Å². The number of benzene rings is 1. The highest BCUT2D eigenvalue weighted by Crippen LogP contribution is 2.31. The van der Waals surface area contributed by atoms with Crippen LogP contribution in [0.15, 0.2) is 24.4 Å². The first-order chi connectivity index (χ1) is 15.3. The molecular formula is C23H31N7O2. The number of amides is 1. The molecule has 2 aromatic heterocycles. The first-order valence-electron chi connectivity index (χ1n) is 11.0. The van der Waals surface area contributed by atoms with Crippen molar-refractivity contribution in [1.29, 1.82) is 0 Å². The van der Waals surface area contributed by atoms with E-state index in [-0.39, 0.29) is 18.0 Å². The number of carbonyl (C=O) groups excluding carboxylic acids is 1. The SMILES string of the molecule is COc1ncc2c(N3C[C@@H](C)N[C@H](C)C3)ccc(C(=O)Nc3cc(C)n(C(C)C)n3)c2n1. The predicted octanol–water partition coefficient (Wildman–Crippen LogP) is 3.16. The number of nitrogens with zero attached hydrogens (tertiary/aromatic N) is 5. The Balaban J connectivity index is 1.73. The van der Waals surface area contributed by atoms with Gasteiger partial charge in [0.2, 0.25) is 0 Å². The zero-order valence-electron chi connectivity index (χ0n) is 19.5. The van der Waals surface area contributed by atoms with Crippen LogP contribution in [0.2, 0.25) is 0 Å². The van der Waals surface area contributed by atoms with Crippen LogP contribution in [0.25, 0.3) is 10.9 Å². The number of fused-ring (bicyclic) bond motifs is 1. The molecule has 0 unspecified atom stereocenters. The largest absolute Gasteiger partial charge is 0.467 e. The molecule has 0 spiro atoms. The minimum absolute atomic E-state index is 0.210. The van der Waals surface area contributed by atoms with Crippen molar-refractivity contribution >= 4 is 28.3 Å². The number of carbonyl (C=O) groups is 1. The van der Waals surface area contributed by atoms with Gasteiger partial charge in [-0.1, -0.05) is 0 Å². The first kappa shape index (κ1) is 22.0. The molecule has 0 bridgehead atoms. The standard InChI is InChI=1S/C23H31N7O2/c1-13(2)30-16(5)9-20(28-30)26-22(31)17-7-8-19(29-11-14(3)25-15(4)12-29)18-10-24-23(32-6)27-21(17)18/h7-10,13-15,25H,11-12H2,1-6H3,(H,26,28,31)/t14-,15-/m1/s1. The Labute approximate surface area is 188 Å². The molecule has 1 amide bonds. The molecule has 1 saturated heterocycles. The number of aryl methyl sites for hydroxylation is 1. The van der Waals surface area contributed by atoms with Gasteiger partial charge >= 0.3 is 6.01 Å². The van der Waals surface area contributed by atoms with Gasteiger partial charge in [0.15, 0.2) is 5.82 Å². The number of ether oxygens (including phenoxy) is 1. The van der Waals surface area contributed by atoms with E-state index in [1.165, 1.54) is 7.11 Å². The Bertz CT molecular complexity index is 1130. The summed E-state index contributed by atoms with van der Waals surface area (Å²) in [6, 6.07) is 6.82. The Hall–Kier alpha value is -3.20. The molecule has 9 heteroatoms. The molecule has 32 heavy (non-hydrogen) atoms. The van der Waals surface area contributed by atoms with Gasteiger partial charge in [0.25, 0.3) is 5.91 Å². The zero-order chi connectivity index (χ0) is 23.0. The van der Waals surface area contributed by atoms with E-state index in [0.717, 1.165) is 29.9 Å². The molecule has 1 aromatic carbocycles. The van der Waals surface area contributed by atoms with E-state index in [9.17, 15) is 4.79 Å². The molecular weight excluding hydrogens is 406 g/mol. The summed E-state index contributed by atoms with van der Waals surface area (Å²) in [5, 5.41) is 11.8. The maximum absolute atomic E-state index is 13.2. The summed E-state index contributed by atoms with van der Waals surface area (Å²) < 4.78 is 7.13. The van der Waals surface area contributed by atoms with Crippen molar-refractivity contribution in [2.45, 2.75) is 52.7 Å². The van der Waals surface area contributed by atoms with Gasteiger partial charge in [-0.05, 0) is 46.8 Å². The van der Waals surface area contributed by atoms with Crippen LogP contribution in [-0.4, -0.2) is 57.9 Å². The smallest absolute Gasteiger partial charge is 0.316 e. The molecule has 4 rings (SSSR count). The summed E-state index contributed by atoms with van der Waals surface area (Å²) >= 11 is 0. The topological polar surface area (TPSA) is 97.2 Å². The number of piperazine rings is 1. The molecule has 9 nitrogen and oxygen atoms in total. The average molecular weight is 438 g/mol. The van der Waals surface area contributed by atoms with Crippen molar-refractivity contribution in [1.82, 2.24) is 25.1 Å². The summed E-state index contributed by atoms with van der Waals surface area (Å²) in [5.74, 6) is 0.252. The van der Waals surface area contributed by atoms with Crippen molar-refractivity contribution in [2.75, 3.05) is 30.4 Å². The Morgan fingerprint density at radius 3 is 2.59 bits per heavy atom. The second kappa shape index (κ2) is 8.74. The number of hydrogen-bond donors (Lipinski definition) is 2. The Kier molecular flexibility index (Phi) is 6.01. The summed E-state index contributed by atoms with van der Waals surface area (Å²) in [7, 11) is 1.52. The number of nitrogens with one attached hydrogen (secondary N) is 2. The van der Waals surface area contributed by atoms with E-state index in [1.807, 2.05) is 29.8 Å². The second-order valence-electron chi connectivity index (χ2n) is 8.79. The van der Waals surface area contributed by atoms with Crippen molar-refractivity contribution < 1.29 is 9.53 Å². The number of anilines is 2. The second-order valence-corrected chi connectivity index (χ2v) is 8.79. The van der Waals surface area contributed by atoms with E-state index in [1.54, 1.807) is 6.20 Å². The summed E-state index contributed by atoms with van der Waals surface area (Å²) in [5.41, 5.74) is 3.02. The van der Waals surface area contributed by atoms with E-state index >= 15 is 0 Å². The maximum Gasteiger partial charge on any atom is 0.316 e. The van der Waals surface area contributed by atoms with Crippen molar-refractivity contribution in [3.63, 3.8) is 0 Å². The van der Waals surface area contributed by atoms with E-state index in [0.29, 0.717) is 29.0 Å². The van der Waals surface area contributed by atoms with Crippen LogP contribution in [0.1, 0.15) is 49.8 Å². The van der Waals surface area contributed by atoms with E-state index in [4.69, 9.17) is 4.74 Å². The highest BCUT2D eigenvalue weighted by molar-refractivity contribution is 6.13. The van der Waals surface area contributed by atoms with Gasteiger partial charge in [-0.3, -0.25) is 9.48 Å². The zero-order valence-corrected chi connectivity index (χ0v) is 19.5. The lowest BCUT2D eigenvalue weighted by molar-refractivity contribution is 0.102. The van der Waals surface area contributed by atoms with Gasteiger partial charge in [0, 0.05) is 60.2 Å². The van der Waals surface area contributed by atoms with Gasteiger partial charge in [0.1, 0.15) is 0 Å². The molecule has 1 aliphatic rings. The fourth-order valence-electron chi connectivity index (χ4n) is 4.43. The summed E-state index contributed by atoms with van der Waals surface area (Å²) in [6.07, 6.45) is 1.74. The van der Waals surface area contributed by atoms with Crippen molar-refractivity contribution in [3.05, 3.63) is 35.7 Å².